The van der Waals surface area contributed by atoms with E-state index in [0.717, 1.165) is 36.1 Å². The summed E-state index contributed by atoms with van der Waals surface area (Å²) in [5.41, 5.74) is 8.09. The van der Waals surface area contributed by atoms with Crippen LogP contribution >= 0.6 is 0 Å². The van der Waals surface area contributed by atoms with Crippen molar-refractivity contribution in [2.75, 3.05) is 0 Å². The Bertz CT molecular complexity index is 390. The molecule has 3 N–H and O–H groups in total. The first-order valence-corrected chi connectivity index (χ1v) is 6.29. The summed E-state index contributed by atoms with van der Waals surface area (Å²) >= 11 is 0. The Morgan fingerprint density at radius 2 is 2.18 bits per heavy atom. The number of hydrogen-bond acceptors (Lipinski definition) is 3. The number of rotatable bonds is 3. The average Bonchev–Trinajstić information content (AvgIpc) is 2.64. The molecule has 0 saturated heterocycles. The van der Waals surface area contributed by atoms with Gasteiger partial charge in [0.1, 0.15) is 11.9 Å². The molecule has 1 saturated carbocycles. The maximum absolute atomic E-state index is 9.79. The number of aliphatic hydroxyl groups is 1. The van der Waals surface area contributed by atoms with Crippen molar-refractivity contribution in [3.8, 4) is 5.75 Å². The molecule has 2 rings (SSSR count). The predicted octanol–water partition coefficient (Wildman–Crippen LogP) is 2.31. The van der Waals surface area contributed by atoms with E-state index >= 15 is 0 Å². The van der Waals surface area contributed by atoms with Crippen molar-refractivity contribution in [3.63, 3.8) is 0 Å². The molecule has 94 valence electrons. The second kappa shape index (κ2) is 5.07. The monoisotopic (exact) mass is 235 g/mol. The fourth-order valence-electron chi connectivity index (χ4n) is 2.33. The van der Waals surface area contributed by atoms with Crippen LogP contribution in [0.1, 0.15) is 43.4 Å². The van der Waals surface area contributed by atoms with Gasteiger partial charge in [-0.1, -0.05) is 12.1 Å². The minimum Gasteiger partial charge on any atom is -0.487 e. The number of aryl methyl sites for hydroxylation is 1. The number of aliphatic hydroxyl groups excluding tert-OH is 1. The summed E-state index contributed by atoms with van der Waals surface area (Å²) in [7, 11) is 0. The Morgan fingerprint density at radius 3 is 2.76 bits per heavy atom. The molecule has 3 nitrogen and oxygen atoms in total. The number of benzene rings is 1. The fourth-order valence-corrected chi connectivity index (χ4v) is 2.33. The number of hydrogen-bond donors (Lipinski definition) is 2. The van der Waals surface area contributed by atoms with E-state index in [1.165, 1.54) is 0 Å². The molecule has 0 aromatic heterocycles. The second-order valence-corrected chi connectivity index (χ2v) is 4.98. The second-order valence-electron chi connectivity index (χ2n) is 4.98. The van der Waals surface area contributed by atoms with Crippen LogP contribution in [0.5, 0.6) is 5.75 Å². The summed E-state index contributed by atoms with van der Waals surface area (Å²) in [5, 5.41) is 9.79. The summed E-state index contributed by atoms with van der Waals surface area (Å²) in [6.07, 6.45) is 2.38. The molecular weight excluding hydrogens is 214 g/mol. The summed E-state index contributed by atoms with van der Waals surface area (Å²) in [6, 6.07) is 6.00. The van der Waals surface area contributed by atoms with Gasteiger partial charge in [0, 0.05) is 11.6 Å². The minimum atomic E-state index is -0.337. The molecule has 17 heavy (non-hydrogen) atoms. The highest BCUT2D eigenvalue weighted by Gasteiger charge is 2.27. The van der Waals surface area contributed by atoms with Gasteiger partial charge in [-0.25, -0.2) is 0 Å². The first kappa shape index (κ1) is 12.4. The Hall–Kier alpha value is -1.06. The van der Waals surface area contributed by atoms with Crippen LogP contribution in [0.2, 0.25) is 0 Å². The first-order chi connectivity index (χ1) is 8.08. The van der Waals surface area contributed by atoms with Crippen LogP contribution in [-0.4, -0.2) is 17.3 Å². The Labute approximate surface area is 103 Å². The highest BCUT2D eigenvalue weighted by molar-refractivity contribution is 5.39. The van der Waals surface area contributed by atoms with E-state index in [0.29, 0.717) is 0 Å². The molecule has 2 unspecified atom stereocenters. The Morgan fingerprint density at radius 1 is 1.41 bits per heavy atom. The van der Waals surface area contributed by atoms with Gasteiger partial charge in [-0.15, -0.1) is 0 Å². The van der Waals surface area contributed by atoms with Crippen LogP contribution in [0.15, 0.2) is 18.2 Å². The van der Waals surface area contributed by atoms with Crippen LogP contribution in [0.4, 0.5) is 0 Å². The quantitative estimate of drug-likeness (QED) is 0.845. The molecule has 1 aromatic carbocycles. The lowest BCUT2D eigenvalue weighted by molar-refractivity contribution is 0.0595. The zero-order valence-corrected chi connectivity index (χ0v) is 10.5. The lowest BCUT2D eigenvalue weighted by Gasteiger charge is -2.21. The van der Waals surface area contributed by atoms with E-state index in [2.05, 4.69) is 0 Å². The van der Waals surface area contributed by atoms with Gasteiger partial charge >= 0.3 is 0 Å². The predicted molar refractivity (Wildman–Crippen MR) is 68.1 cm³/mol. The minimum absolute atomic E-state index is 0.0517. The van der Waals surface area contributed by atoms with Crippen LogP contribution in [0, 0.1) is 6.92 Å². The molecule has 1 fully saturated rings. The molecule has 0 spiro atoms. The Kier molecular flexibility index (Phi) is 3.69. The lowest BCUT2D eigenvalue weighted by Crippen LogP contribution is -2.26. The maximum Gasteiger partial charge on any atom is 0.124 e. The Balaban J connectivity index is 2.21. The van der Waals surface area contributed by atoms with Gasteiger partial charge in [-0.2, -0.15) is 0 Å². The standard InChI is InChI=1S/C14H21NO2/c1-9-6-7-11(10(2)15)14(8-9)17-13-5-3-4-12(13)16/h6-8,10,12-13,16H,3-5,15H2,1-2H3/t10-,12?,13?/m0/s1. The smallest absolute Gasteiger partial charge is 0.124 e. The van der Waals surface area contributed by atoms with Crippen molar-refractivity contribution < 1.29 is 9.84 Å². The van der Waals surface area contributed by atoms with Gasteiger partial charge in [0.2, 0.25) is 0 Å². The molecule has 3 atom stereocenters. The topological polar surface area (TPSA) is 55.5 Å². The molecule has 0 bridgehead atoms. The van der Waals surface area contributed by atoms with Gasteiger partial charge in [0.25, 0.3) is 0 Å². The summed E-state index contributed by atoms with van der Waals surface area (Å²) in [5.74, 6) is 0.825. The third-order valence-corrected chi connectivity index (χ3v) is 3.36. The zero-order chi connectivity index (χ0) is 12.4. The average molecular weight is 235 g/mol. The first-order valence-electron chi connectivity index (χ1n) is 6.29. The normalized spacial score (nSPS) is 25.9. The highest BCUT2D eigenvalue weighted by Crippen LogP contribution is 2.30. The van der Waals surface area contributed by atoms with Crippen molar-refractivity contribution in [3.05, 3.63) is 29.3 Å². The van der Waals surface area contributed by atoms with E-state index in [1.54, 1.807) is 0 Å². The zero-order valence-electron chi connectivity index (χ0n) is 10.5. The van der Waals surface area contributed by atoms with Crippen molar-refractivity contribution in [2.24, 2.45) is 5.73 Å². The third kappa shape index (κ3) is 2.79. The SMILES string of the molecule is Cc1ccc([C@H](C)N)c(OC2CCCC2O)c1. The van der Waals surface area contributed by atoms with E-state index in [1.807, 2.05) is 32.0 Å². The van der Waals surface area contributed by atoms with Gasteiger partial charge in [0.05, 0.1) is 6.10 Å². The van der Waals surface area contributed by atoms with E-state index < -0.39 is 0 Å². The number of nitrogens with two attached hydrogens (primary N) is 1. The lowest BCUT2D eigenvalue weighted by atomic mass is 10.1. The van der Waals surface area contributed by atoms with Gasteiger partial charge in [-0.3, -0.25) is 0 Å². The summed E-state index contributed by atoms with van der Waals surface area (Å²) in [6.45, 7) is 3.98. The molecule has 3 heteroatoms. The third-order valence-electron chi connectivity index (χ3n) is 3.36. The van der Waals surface area contributed by atoms with Crippen LogP contribution in [0.3, 0.4) is 0 Å². The summed E-state index contributed by atoms with van der Waals surface area (Å²) < 4.78 is 5.93. The molecule has 1 aromatic rings. The largest absolute Gasteiger partial charge is 0.487 e. The molecule has 1 aliphatic rings. The van der Waals surface area contributed by atoms with Crippen molar-refractivity contribution in [1.82, 2.24) is 0 Å². The fraction of sp³-hybridized carbons (Fsp3) is 0.571. The van der Waals surface area contributed by atoms with Crippen molar-refractivity contribution in [2.45, 2.75) is 51.4 Å². The van der Waals surface area contributed by atoms with Crippen LogP contribution in [-0.2, 0) is 0 Å². The molecule has 1 aliphatic carbocycles. The number of ether oxygens (including phenoxy) is 1. The highest BCUT2D eigenvalue weighted by atomic mass is 16.5. The van der Waals surface area contributed by atoms with E-state index in [-0.39, 0.29) is 18.2 Å². The van der Waals surface area contributed by atoms with Gasteiger partial charge < -0.3 is 15.6 Å². The van der Waals surface area contributed by atoms with E-state index in [9.17, 15) is 5.11 Å². The molecule has 0 heterocycles. The van der Waals surface area contributed by atoms with Crippen LogP contribution < -0.4 is 10.5 Å². The van der Waals surface area contributed by atoms with Crippen molar-refractivity contribution >= 4 is 0 Å². The van der Waals surface area contributed by atoms with Gasteiger partial charge in [-0.05, 0) is 44.7 Å². The van der Waals surface area contributed by atoms with Crippen LogP contribution in [0.25, 0.3) is 0 Å². The molecule has 0 amide bonds. The van der Waals surface area contributed by atoms with Crippen molar-refractivity contribution in [1.29, 1.82) is 0 Å². The maximum atomic E-state index is 9.79. The molecule has 0 aliphatic heterocycles. The molecule has 0 radical (unpaired) electrons. The van der Waals surface area contributed by atoms with Gasteiger partial charge in [0.15, 0.2) is 0 Å². The molecular formula is C14H21NO2. The summed E-state index contributed by atoms with van der Waals surface area (Å²) in [4.78, 5) is 0. The van der Waals surface area contributed by atoms with E-state index in [4.69, 9.17) is 10.5 Å².